The average Bonchev–Trinajstić information content (AvgIpc) is 2.84. The topological polar surface area (TPSA) is 72.1 Å². The second-order valence-corrected chi connectivity index (χ2v) is 8.60. The molecule has 2 aliphatic rings. The molecule has 2 aromatic carbocycles. The van der Waals surface area contributed by atoms with E-state index in [0.717, 1.165) is 67.2 Å². The summed E-state index contributed by atoms with van der Waals surface area (Å²) in [5, 5.41) is 3.39. The van der Waals surface area contributed by atoms with Gasteiger partial charge in [-0.25, -0.2) is 0 Å². The van der Waals surface area contributed by atoms with Gasteiger partial charge in [0, 0.05) is 47.9 Å². The molecule has 1 unspecified atom stereocenters. The molecular formula is C26H34N4O2. The minimum Gasteiger partial charge on any atom is -0.497 e. The Bertz CT molecular complexity index is 978. The van der Waals surface area contributed by atoms with Crippen molar-refractivity contribution in [3.05, 3.63) is 53.7 Å². The summed E-state index contributed by atoms with van der Waals surface area (Å²) in [5.41, 5.74) is 10.4. The van der Waals surface area contributed by atoms with Gasteiger partial charge in [0.2, 0.25) is 0 Å². The molecule has 1 fully saturated rings. The predicted octanol–water partition coefficient (Wildman–Crippen LogP) is 4.38. The molecule has 170 valence electrons. The molecule has 2 heterocycles. The molecule has 32 heavy (non-hydrogen) atoms. The second-order valence-electron chi connectivity index (χ2n) is 8.60. The molecule has 0 aliphatic carbocycles. The van der Waals surface area contributed by atoms with Crippen LogP contribution in [0.15, 0.2) is 47.6 Å². The lowest BCUT2D eigenvalue weighted by molar-refractivity contribution is 0.412. The average molecular weight is 435 g/mol. The summed E-state index contributed by atoms with van der Waals surface area (Å²) >= 11 is 0. The van der Waals surface area contributed by atoms with Gasteiger partial charge in [-0.3, -0.25) is 4.99 Å². The van der Waals surface area contributed by atoms with E-state index in [-0.39, 0.29) is 0 Å². The molecule has 3 N–H and O–H groups in total. The number of nitrogens with zero attached hydrogens (tertiary/aromatic N) is 2. The Hall–Kier alpha value is -2.99. The number of fused-ring (bicyclic) bond motifs is 1. The summed E-state index contributed by atoms with van der Waals surface area (Å²) in [4.78, 5) is 7.18. The number of allylic oxidation sites excluding steroid dienone is 1. The lowest BCUT2D eigenvalue weighted by Gasteiger charge is -2.35. The van der Waals surface area contributed by atoms with Crippen molar-refractivity contribution in [3.8, 4) is 17.2 Å². The fraction of sp³-hybridized carbons (Fsp3) is 0.423. The fourth-order valence-corrected chi connectivity index (χ4v) is 4.42. The lowest BCUT2D eigenvalue weighted by Crippen LogP contribution is -2.33. The highest BCUT2D eigenvalue weighted by atomic mass is 16.5. The quantitative estimate of drug-likeness (QED) is 0.660. The van der Waals surface area contributed by atoms with Gasteiger partial charge < -0.3 is 25.4 Å². The van der Waals surface area contributed by atoms with Crippen molar-refractivity contribution in [2.75, 3.05) is 32.1 Å². The Morgan fingerprint density at radius 2 is 1.81 bits per heavy atom. The molecule has 0 saturated carbocycles. The van der Waals surface area contributed by atoms with Crippen molar-refractivity contribution in [1.82, 2.24) is 5.32 Å². The first-order valence-corrected chi connectivity index (χ1v) is 11.5. The highest BCUT2D eigenvalue weighted by molar-refractivity contribution is 6.11. The van der Waals surface area contributed by atoms with Gasteiger partial charge in [-0.15, -0.1) is 0 Å². The number of methoxy groups -OCH3 is 1. The van der Waals surface area contributed by atoms with Crippen LogP contribution in [0, 0.1) is 0 Å². The summed E-state index contributed by atoms with van der Waals surface area (Å²) < 4.78 is 11.8. The summed E-state index contributed by atoms with van der Waals surface area (Å²) in [7, 11) is 3.82. The number of piperidine rings is 1. The molecule has 6 heteroatoms. The number of benzene rings is 2. The zero-order chi connectivity index (χ0) is 22.5. The molecule has 0 bridgehead atoms. The molecule has 0 aromatic heterocycles. The summed E-state index contributed by atoms with van der Waals surface area (Å²) in [6.07, 6.45) is 7.71. The number of anilines is 1. The summed E-state index contributed by atoms with van der Waals surface area (Å²) in [5.74, 6) is 2.44. The zero-order valence-corrected chi connectivity index (χ0v) is 19.3. The molecule has 2 aromatic rings. The van der Waals surface area contributed by atoms with Crippen LogP contribution in [0.4, 0.5) is 5.69 Å². The van der Waals surface area contributed by atoms with Gasteiger partial charge in [-0.05, 0) is 82.1 Å². The smallest absolute Gasteiger partial charge is 0.140 e. The summed E-state index contributed by atoms with van der Waals surface area (Å²) in [6.45, 7) is 4.29. The second kappa shape index (κ2) is 10.1. The molecule has 6 nitrogen and oxygen atoms in total. The molecule has 1 saturated heterocycles. The van der Waals surface area contributed by atoms with Gasteiger partial charge in [-0.2, -0.15) is 0 Å². The van der Waals surface area contributed by atoms with Gasteiger partial charge in [0.05, 0.1) is 13.2 Å². The van der Waals surface area contributed by atoms with E-state index in [0.29, 0.717) is 12.1 Å². The van der Waals surface area contributed by atoms with Crippen LogP contribution in [0.3, 0.4) is 0 Å². The van der Waals surface area contributed by atoms with Crippen LogP contribution in [0.1, 0.15) is 37.3 Å². The summed E-state index contributed by atoms with van der Waals surface area (Å²) in [6, 6.07) is 12.8. The first-order chi connectivity index (χ1) is 15.6. The standard InChI is InChI=1S/C26H34N4O2/c1-18-4-9-24-25(30(18)2)11-10-23(19(16-27)17-29-20-12-14-28-15-13-20)26(24)32-22-7-5-21(31-3)6-8-22/h5-8,10-11,16-18,20,28H,4,9,12-15,27H2,1-3H3. The number of hydrogen-bond donors (Lipinski definition) is 2. The Morgan fingerprint density at radius 3 is 2.50 bits per heavy atom. The van der Waals surface area contributed by atoms with Crippen molar-refractivity contribution < 1.29 is 9.47 Å². The van der Waals surface area contributed by atoms with E-state index in [9.17, 15) is 0 Å². The maximum Gasteiger partial charge on any atom is 0.140 e. The highest BCUT2D eigenvalue weighted by Gasteiger charge is 2.26. The maximum absolute atomic E-state index is 6.52. The first kappa shape index (κ1) is 22.2. The third-order valence-corrected chi connectivity index (χ3v) is 6.59. The highest BCUT2D eigenvalue weighted by Crippen LogP contribution is 2.42. The Kier molecular flexibility index (Phi) is 7.00. The van der Waals surface area contributed by atoms with Gasteiger partial charge in [0.15, 0.2) is 0 Å². The number of nitrogens with one attached hydrogen (secondary N) is 1. The molecule has 2 aliphatic heterocycles. The van der Waals surface area contributed by atoms with Crippen LogP contribution < -0.4 is 25.4 Å². The van der Waals surface area contributed by atoms with Crippen molar-refractivity contribution in [1.29, 1.82) is 0 Å². The number of ether oxygens (including phenoxy) is 2. The number of hydrogen-bond acceptors (Lipinski definition) is 6. The maximum atomic E-state index is 6.52. The SMILES string of the molecule is COc1ccc(Oc2c(C(C=NC3CCNCC3)=CN)ccc3c2CCC(C)N3C)cc1. The minimum atomic E-state index is 0.335. The van der Waals surface area contributed by atoms with Crippen LogP contribution in [-0.2, 0) is 6.42 Å². The third kappa shape index (κ3) is 4.75. The predicted molar refractivity (Wildman–Crippen MR) is 132 cm³/mol. The van der Waals surface area contributed by atoms with Crippen LogP contribution in [0.2, 0.25) is 0 Å². The van der Waals surface area contributed by atoms with E-state index >= 15 is 0 Å². The Balaban J connectivity index is 1.72. The van der Waals surface area contributed by atoms with Crippen LogP contribution in [-0.4, -0.2) is 45.5 Å². The largest absolute Gasteiger partial charge is 0.497 e. The van der Waals surface area contributed by atoms with Gasteiger partial charge >= 0.3 is 0 Å². The van der Waals surface area contributed by atoms with E-state index in [4.69, 9.17) is 20.2 Å². The van der Waals surface area contributed by atoms with Crippen molar-refractivity contribution in [2.45, 2.75) is 44.7 Å². The first-order valence-electron chi connectivity index (χ1n) is 11.5. The number of rotatable bonds is 6. The van der Waals surface area contributed by atoms with E-state index < -0.39 is 0 Å². The van der Waals surface area contributed by atoms with Gasteiger partial charge in [0.1, 0.15) is 17.2 Å². The Morgan fingerprint density at radius 1 is 1.09 bits per heavy atom. The Labute approximate surface area is 191 Å². The van der Waals surface area contributed by atoms with Crippen LogP contribution >= 0.6 is 0 Å². The van der Waals surface area contributed by atoms with E-state index in [1.54, 1.807) is 13.3 Å². The van der Waals surface area contributed by atoms with E-state index in [1.165, 1.54) is 11.3 Å². The minimum absolute atomic E-state index is 0.335. The fourth-order valence-electron chi connectivity index (χ4n) is 4.42. The van der Waals surface area contributed by atoms with Crippen LogP contribution in [0.25, 0.3) is 5.57 Å². The molecule has 0 amide bonds. The molecular weight excluding hydrogens is 400 g/mol. The number of nitrogens with two attached hydrogens (primary N) is 1. The third-order valence-electron chi connectivity index (χ3n) is 6.59. The molecule has 4 rings (SSSR count). The monoisotopic (exact) mass is 434 g/mol. The van der Waals surface area contributed by atoms with E-state index in [1.807, 2.05) is 30.5 Å². The lowest BCUT2D eigenvalue weighted by atomic mass is 9.92. The molecule has 0 radical (unpaired) electrons. The van der Waals surface area contributed by atoms with Gasteiger partial charge in [-0.1, -0.05) is 0 Å². The van der Waals surface area contributed by atoms with Crippen molar-refractivity contribution in [2.24, 2.45) is 10.7 Å². The van der Waals surface area contributed by atoms with Crippen molar-refractivity contribution >= 4 is 17.5 Å². The van der Waals surface area contributed by atoms with Crippen LogP contribution in [0.5, 0.6) is 17.2 Å². The number of aliphatic imine (C=N–C) groups is 1. The zero-order valence-electron chi connectivity index (χ0n) is 19.3. The van der Waals surface area contributed by atoms with E-state index in [2.05, 4.69) is 36.3 Å². The molecule has 1 atom stereocenters. The van der Waals surface area contributed by atoms with Crippen molar-refractivity contribution in [3.63, 3.8) is 0 Å². The van der Waals surface area contributed by atoms with Gasteiger partial charge in [0.25, 0.3) is 0 Å². The normalized spacial score (nSPS) is 19.8. The molecule has 0 spiro atoms.